The second-order valence-electron chi connectivity index (χ2n) is 3.80. The van der Waals surface area contributed by atoms with E-state index in [1.54, 1.807) is 6.92 Å². The maximum absolute atomic E-state index is 13.6. The number of aromatic nitrogens is 2. The molecule has 98 valence electrons. The minimum absolute atomic E-state index is 0.122. The van der Waals surface area contributed by atoms with Crippen LogP contribution in [0.2, 0.25) is 0 Å². The highest BCUT2D eigenvalue weighted by Crippen LogP contribution is 2.20. The first-order valence-electron chi connectivity index (χ1n) is 5.34. The van der Waals surface area contributed by atoms with Crippen molar-refractivity contribution in [3.63, 3.8) is 0 Å². The molecule has 0 aliphatic heterocycles. The zero-order valence-corrected chi connectivity index (χ0v) is 9.90. The van der Waals surface area contributed by atoms with Gasteiger partial charge in [0.1, 0.15) is 17.3 Å². The molecule has 1 amide bonds. The number of amides is 1. The molecular weight excluding hydrogens is 253 g/mol. The summed E-state index contributed by atoms with van der Waals surface area (Å²) in [5.41, 5.74) is -0.561. The monoisotopic (exact) mass is 263 g/mol. The lowest BCUT2D eigenvalue weighted by atomic mass is 10.1. The number of imidazole rings is 1. The molecule has 0 spiro atoms. The first-order chi connectivity index (χ1) is 8.99. The SMILES string of the molecule is Cc1ncc(C(=O)Nc2c(F)cccc2C(=O)O)[nH]1. The lowest BCUT2D eigenvalue weighted by Crippen LogP contribution is -2.16. The zero-order valence-electron chi connectivity index (χ0n) is 9.90. The van der Waals surface area contributed by atoms with E-state index in [-0.39, 0.29) is 16.9 Å². The number of rotatable bonds is 3. The standard InChI is InChI=1S/C12H10FN3O3/c1-6-14-5-9(15-6)11(17)16-10-7(12(18)19)3-2-4-8(10)13/h2-5H,1H3,(H,14,15)(H,16,17)(H,18,19). The minimum atomic E-state index is -1.32. The van der Waals surface area contributed by atoms with Crippen molar-refractivity contribution in [2.75, 3.05) is 5.32 Å². The Hall–Kier alpha value is -2.70. The van der Waals surface area contributed by atoms with Crippen LogP contribution in [0.15, 0.2) is 24.4 Å². The summed E-state index contributed by atoms with van der Waals surface area (Å²) in [7, 11) is 0. The zero-order chi connectivity index (χ0) is 14.0. The Morgan fingerprint density at radius 3 is 2.74 bits per heavy atom. The Bertz CT molecular complexity index is 651. The maximum Gasteiger partial charge on any atom is 0.337 e. The molecule has 3 N–H and O–H groups in total. The van der Waals surface area contributed by atoms with E-state index in [9.17, 15) is 14.0 Å². The van der Waals surface area contributed by atoms with Gasteiger partial charge in [-0.3, -0.25) is 4.79 Å². The average Bonchev–Trinajstić information content (AvgIpc) is 2.78. The average molecular weight is 263 g/mol. The normalized spacial score (nSPS) is 10.2. The topological polar surface area (TPSA) is 95.1 Å². The summed E-state index contributed by atoms with van der Waals surface area (Å²) in [5.74, 6) is -2.27. The Morgan fingerprint density at radius 2 is 2.16 bits per heavy atom. The molecule has 2 aromatic rings. The molecule has 0 radical (unpaired) electrons. The van der Waals surface area contributed by atoms with Gasteiger partial charge in [0, 0.05) is 0 Å². The number of carbonyl (C=O) groups excluding carboxylic acids is 1. The predicted octanol–water partition coefficient (Wildman–Crippen LogP) is 1.81. The number of aryl methyl sites for hydroxylation is 1. The molecule has 0 unspecified atom stereocenters. The second-order valence-corrected chi connectivity index (χ2v) is 3.80. The van der Waals surface area contributed by atoms with E-state index in [0.717, 1.165) is 6.07 Å². The Kier molecular flexibility index (Phi) is 3.28. The smallest absolute Gasteiger partial charge is 0.337 e. The molecule has 0 aliphatic rings. The van der Waals surface area contributed by atoms with Crippen LogP contribution >= 0.6 is 0 Å². The largest absolute Gasteiger partial charge is 0.478 e. The third-order valence-corrected chi connectivity index (χ3v) is 2.43. The van der Waals surface area contributed by atoms with Crippen LogP contribution in [0.25, 0.3) is 0 Å². The first-order valence-corrected chi connectivity index (χ1v) is 5.34. The van der Waals surface area contributed by atoms with E-state index in [1.165, 1.54) is 18.3 Å². The molecule has 2 rings (SSSR count). The molecule has 7 heteroatoms. The lowest BCUT2D eigenvalue weighted by molar-refractivity contribution is 0.0697. The molecule has 0 saturated heterocycles. The first kappa shape index (κ1) is 12.7. The van der Waals surface area contributed by atoms with Crippen LogP contribution in [0.1, 0.15) is 26.7 Å². The number of halogens is 1. The molecule has 1 heterocycles. The van der Waals surface area contributed by atoms with Crippen molar-refractivity contribution in [3.05, 3.63) is 47.3 Å². The number of aromatic carboxylic acids is 1. The van der Waals surface area contributed by atoms with E-state index in [1.807, 2.05) is 0 Å². The van der Waals surface area contributed by atoms with Gasteiger partial charge in [-0.15, -0.1) is 0 Å². The van der Waals surface area contributed by atoms with Gasteiger partial charge in [0.15, 0.2) is 0 Å². The number of para-hydroxylation sites is 1. The quantitative estimate of drug-likeness (QED) is 0.787. The minimum Gasteiger partial charge on any atom is -0.478 e. The van der Waals surface area contributed by atoms with Crippen molar-refractivity contribution >= 4 is 17.6 Å². The molecule has 0 fully saturated rings. The van der Waals surface area contributed by atoms with Gasteiger partial charge in [0.2, 0.25) is 0 Å². The van der Waals surface area contributed by atoms with Gasteiger partial charge >= 0.3 is 5.97 Å². The fourth-order valence-electron chi connectivity index (χ4n) is 1.55. The van der Waals surface area contributed by atoms with Gasteiger partial charge < -0.3 is 15.4 Å². The molecule has 0 aliphatic carbocycles. The number of H-pyrrole nitrogens is 1. The van der Waals surface area contributed by atoms with Crippen LogP contribution in [-0.4, -0.2) is 27.0 Å². The van der Waals surface area contributed by atoms with Crippen molar-refractivity contribution < 1.29 is 19.1 Å². The van der Waals surface area contributed by atoms with Gasteiger partial charge in [0.25, 0.3) is 5.91 Å². The van der Waals surface area contributed by atoms with Crippen LogP contribution in [0, 0.1) is 12.7 Å². The summed E-state index contributed by atoms with van der Waals surface area (Å²) >= 11 is 0. The van der Waals surface area contributed by atoms with Crippen LogP contribution < -0.4 is 5.32 Å². The molecule has 1 aromatic carbocycles. The highest BCUT2D eigenvalue weighted by Gasteiger charge is 2.18. The predicted molar refractivity (Wildman–Crippen MR) is 64.6 cm³/mol. The number of nitrogens with one attached hydrogen (secondary N) is 2. The molecule has 6 nitrogen and oxygen atoms in total. The molecule has 19 heavy (non-hydrogen) atoms. The third-order valence-electron chi connectivity index (χ3n) is 2.43. The van der Waals surface area contributed by atoms with Crippen molar-refractivity contribution in [1.82, 2.24) is 9.97 Å². The number of carboxylic acid groups (broad SMARTS) is 1. The second kappa shape index (κ2) is 4.89. The molecule has 0 bridgehead atoms. The van der Waals surface area contributed by atoms with Crippen LogP contribution in [0.3, 0.4) is 0 Å². The Morgan fingerprint density at radius 1 is 1.42 bits per heavy atom. The molecule has 0 atom stereocenters. The Balaban J connectivity index is 2.33. The number of hydrogen-bond donors (Lipinski definition) is 3. The third kappa shape index (κ3) is 2.59. The maximum atomic E-state index is 13.6. The fraction of sp³-hybridized carbons (Fsp3) is 0.0833. The number of carbonyl (C=O) groups is 2. The summed E-state index contributed by atoms with van der Waals surface area (Å²) < 4.78 is 13.6. The number of hydrogen-bond acceptors (Lipinski definition) is 3. The number of benzene rings is 1. The molecular formula is C12H10FN3O3. The van der Waals surface area contributed by atoms with Crippen molar-refractivity contribution in [2.45, 2.75) is 6.92 Å². The number of anilines is 1. The van der Waals surface area contributed by atoms with Gasteiger partial charge in [-0.05, 0) is 19.1 Å². The lowest BCUT2D eigenvalue weighted by Gasteiger charge is -2.08. The van der Waals surface area contributed by atoms with E-state index in [4.69, 9.17) is 5.11 Å². The highest BCUT2D eigenvalue weighted by molar-refractivity contribution is 6.06. The summed E-state index contributed by atoms with van der Waals surface area (Å²) in [5, 5.41) is 11.2. The van der Waals surface area contributed by atoms with Crippen molar-refractivity contribution in [3.8, 4) is 0 Å². The fourth-order valence-corrected chi connectivity index (χ4v) is 1.55. The van der Waals surface area contributed by atoms with Crippen LogP contribution in [-0.2, 0) is 0 Å². The van der Waals surface area contributed by atoms with Crippen LogP contribution in [0.5, 0.6) is 0 Å². The summed E-state index contributed by atoms with van der Waals surface area (Å²) in [6, 6.07) is 3.54. The Labute approximate surface area is 107 Å². The molecule has 0 saturated carbocycles. The number of nitrogens with zero attached hydrogens (tertiary/aromatic N) is 1. The highest BCUT2D eigenvalue weighted by atomic mass is 19.1. The van der Waals surface area contributed by atoms with E-state index in [2.05, 4.69) is 15.3 Å². The van der Waals surface area contributed by atoms with Crippen LogP contribution in [0.4, 0.5) is 10.1 Å². The molecule has 1 aromatic heterocycles. The van der Waals surface area contributed by atoms with Crippen molar-refractivity contribution in [1.29, 1.82) is 0 Å². The summed E-state index contributed by atoms with van der Waals surface area (Å²) in [6.07, 6.45) is 1.28. The van der Waals surface area contributed by atoms with Gasteiger partial charge in [-0.1, -0.05) is 6.07 Å². The number of carboxylic acids is 1. The van der Waals surface area contributed by atoms with E-state index in [0.29, 0.717) is 5.82 Å². The summed E-state index contributed by atoms with van der Waals surface area (Å²) in [4.78, 5) is 29.3. The van der Waals surface area contributed by atoms with Gasteiger partial charge in [-0.25, -0.2) is 14.2 Å². The number of aromatic amines is 1. The van der Waals surface area contributed by atoms with Crippen molar-refractivity contribution in [2.24, 2.45) is 0 Å². The van der Waals surface area contributed by atoms with Gasteiger partial charge in [-0.2, -0.15) is 0 Å². The van der Waals surface area contributed by atoms with E-state index >= 15 is 0 Å². The van der Waals surface area contributed by atoms with Gasteiger partial charge in [0.05, 0.1) is 17.4 Å². The van der Waals surface area contributed by atoms with E-state index < -0.39 is 17.7 Å². The summed E-state index contributed by atoms with van der Waals surface area (Å²) in [6.45, 7) is 1.66.